The summed E-state index contributed by atoms with van der Waals surface area (Å²) in [7, 11) is 0. The molecule has 1 aliphatic heterocycles. The fourth-order valence-electron chi connectivity index (χ4n) is 4.16. The molecule has 0 saturated carbocycles. The summed E-state index contributed by atoms with van der Waals surface area (Å²) in [5.74, 6) is 0.598. The Morgan fingerprint density at radius 1 is 0.825 bits per heavy atom. The molecule has 0 spiro atoms. The first-order valence-electron chi connectivity index (χ1n) is 12.8. The first-order valence-corrected chi connectivity index (χ1v) is 14.4. The summed E-state index contributed by atoms with van der Waals surface area (Å²) in [6, 6.07) is 25.1. The zero-order chi connectivity index (χ0) is 28.4. The highest BCUT2D eigenvalue weighted by atomic mass is 35.5. The maximum atomic E-state index is 13.7. The Kier molecular flexibility index (Phi) is 8.36. The normalized spacial score (nSPS) is 15.3. The first kappa shape index (κ1) is 28.0. The monoisotopic (exact) mass is 586 g/mol. The highest BCUT2D eigenvalue weighted by molar-refractivity contribution is 8.19. The zero-order valence-electron chi connectivity index (χ0n) is 22.7. The summed E-state index contributed by atoms with van der Waals surface area (Å²) in [6.07, 6.45) is 1.89. The van der Waals surface area contributed by atoms with Gasteiger partial charge in [0.05, 0.1) is 16.3 Å². The molecule has 4 aromatic carbocycles. The van der Waals surface area contributed by atoms with Crippen molar-refractivity contribution in [2.45, 2.75) is 34.3 Å². The van der Waals surface area contributed by atoms with Gasteiger partial charge in [0.2, 0.25) is 0 Å². The van der Waals surface area contributed by atoms with Crippen molar-refractivity contribution in [1.29, 1.82) is 0 Å². The van der Waals surface area contributed by atoms with Crippen LogP contribution in [0.5, 0.6) is 5.75 Å². The molecule has 0 aliphatic carbocycles. The zero-order valence-corrected chi connectivity index (χ0v) is 25.0. The minimum absolute atomic E-state index is 0.103. The predicted octanol–water partition coefficient (Wildman–Crippen LogP) is 9.61. The van der Waals surface area contributed by atoms with Gasteiger partial charge in [0, 0.05) is 15.6 Å². The highest BCUT2D eigenvalue weighted by Gasteiger charge is 2.35. The van der Waals surface area contributed by atoms with Crippen molar-refractivity contribution in [1.82, 2.24) is 0 Å². The lowest BCUT2D eigenvalue weighted by Crippen LogP contribution is -2.28. The van der Waals surface area contributed by atoms with E-state index in [1.54, 1.807) is 17.0 Å². The van der Waals surface area contributed by atoms with Crippen LogP contribution in [-0.4, -0.2) is 11.1 Å². The van der Waals surface area contributed by atoms with Crippen LogP contribution in [0.15, 0.2) is 88.8 Å². The van der Waals surface area contributed by atoms with E-state index in [0.29, 0.717) is 32.5 Å². The number of amidine groups is 1. The molecule has 0 atom stereocenters. The Labute approximate surface area is 249 Å². The number of aliphatic imine (C=N–C) groups is 1. The van der Waals surface area contributed by atoms with E-state index in [1.807, 2.05) is 73.7 Å². The number of nitrogens with zero attached hydrogens (tertiary/aromatic N) is 2. The van der Waals surface area contributed by atoms with Crippen LogP contribution in [0.1, 0.15) is 33.4 Å². The lowest BCUT2D eigenvalue weighted by molar-refractivity contribution is -0.113. The molecule has 4 nitrogen and oxygen atoms in total. The van der Waals surface area contributed by atoms with Gasteiger partial charge < -0.3 is 4.74 Å². The average molecular weight is 588 g/mol. The van der Waals surface area contributed by atoms with Crippen LogP contribution in [-0.2, 0) is 11.4 Å². The predicted molar refractivity (Wildman–Crippen MR) is 169 cm³/mol. The second kappa shape index (κ2) is 11.9. The Morgan fingerprint density at radius 3 is 2.20 bits per heavy atom. The summed E-state index contributed by atoms with van der Waals surface area (Å²) in [6.45, 7) is 8.58. The van der Waals surface area contributed by atoms with Gasteiger partial charge in [-0.15, -0.1) is 0 Å². The van der Waals surface area contributed by atoms with Crippen LogP contribution in [0.2, 0.25) is 10.0 Å². The van der Waals surface area contributed by atoms with Crippen molar-refractivity contribution in [2.24, 2.45) is 4.99 Å². The number of hydrogen-bond donors (Lipinski definition) is 0. The fraction of sp³-hybridized carbons (Fsp3) is 0.152. The molecule has 7 heteroatoms. The standard InChI is InChI=1S/C33H28Cl2N2O2S/c1-20-5-11-27(15-22(20)3)36-33-37(28-12-6-21(2)23(4)16-28)32(38)31(40-33)17-24-7-13-29(14-8-24)39-19-25-9-10-26(34)18-30(25)35/h5-18H,19H2,1-4H3/b31-17-,36-33?. The lowest BCUT2D eigenvalue weighted by Gasteiger charge is -2.17. The third kappa shape index (κ3) is 6.28. The van der Waals surface area contributed by atoms with E-state index in [0.717, 1.165) is 33.6 Å². The summed E-state index contributed by atoms with van der Waals surface area (Å²) in [5.41, 5.74) is 8.01. The minimum atomic E-state index is -0.103. The smallest absolute Gasteiger partial charge is 0.271 e. The highest BCUT2D eigenvalue weighted by Crippen LogP contribution is 2.38. The molecule has 1 aliphatic rings. The molecule has 0 aromatic heterocycles. The maximum Gasteiger partial charge on any atom is 0.271 e. The quantitative estimate of drug-likeness (QED) is 0.211. The van der Waals surface area contributed by atoms with E-state index in [-0.39, 0.29) is 5.91 Å². The molecule has 1 saturated heterocycles. The number of thioether (sulfide) groups is 1. The van der Waals surface area contributed by atoms with E-state index in [4.69, 9.17) is 32.9 Å². The molecule has 1 amide bonds. The molecular formula is C33H28Cl2N2O2S. The first-order chi connectivity index (χ1) is 19.2. The molecule has 1 heterocycles. The number of carbonyl (C=O) groups is 1. The largest absolute Gasteiger partial charge is 0.489 e. The molecule has 5 rings (SSSR count). The van der Waals surface area contributed by atoms with Gasteiger partial charge in [0.25, 0.3) is 5.91 Å². The minimum Gasteiger partial charge on any atom is -0.489 e. The van der Waals surface area contributed by atoms with Gasteiger partial charge in [-0.3, -0.25) is 9.69 Å². The second-order valence-electron chi connectivity index (χ2n) is 9.78. The van der Waals surface area contributed by atoms with Crippen LogP contribution in [0.3, 0.4) is 0 Å². The van der Waals surface area contributed by atoms with Crippen LogP contribution >= 0.6 is 35.0 Å². The van der Waals surface area contributed by atoms with Gasteiger partial charge in [0.1, 0.15) is 12.4 Å². The van der Waals surface area contributed by atoms with Crippen LogP contribution < -0.4 is 9.64 Å². The number of halogens is 2. The van der Waals surface area contributed by atoms with E-state index in [2.05, 4.69) is 26.8 Å². The molecule has 202 valence electrons. The number of anilines is 1. The van der Waals surface area contributed by atoms with Crippen molar-refractivity contribution in [3.8, 4) is 5.75 Å². The van der Waals surface area contributed by atoms with E-state index in [1.165, 1.54) is 22.9 Å². The lowest BCUT2D eigenvalue weighted by atomic mass is 10.1. The van der Waals surface area contributed by atoms with E-state index < -0.39 is 0 Å². The van der Waals surface area contributed by atoms with Crippen molar-refractivity contribution < 1.29 is 9.53 Å². The molecular weight excluding hydrogens is 559 g/mol. The molecule has 0 unspecified atom stereocenters. The van der Waals surface area contributed by atoms with Gasteiger partial charge >= 0.3 is 0 Å². The number of hydrogen-bond acceptors (Lipinski definition) is 4. The van der Waals surface area contributed by atoms with Crippen molar-refractivity contribution in [3.63, 3.8) is 0 Å². The number of aryl methyl sites for hydroxylation is 4. The third-order valence-corrected chi connectivity index (χ3v) is 8.41. The topological polar surface area (TPSA) is 41.9 Å². The van der Waals surface area contributed by atoms with Crippen LogP contribution in [0.25, 0.3) is 6.08 Å². The molecule has 1 fully saturated rings. The van der Waals surface area contributed by atoms with Crippen LogP contribution in [0, 0.1) is 27.7 Å². The average Bonchev–Trinajstić information content (AvgIpc) is 3.22. The van der Waals surface area contributed by atoms with E-state index >= 15 is 0 Å². The Hall–Kier alpha value is -3.51. The number of rotatable bonds is 6. The fourth-order valence-corrected chi connectivity index (χ4v) is 5.62. The Morgan fingerprint density at radius 2 is 1.52 bits per heavy atom. The summed E-state index contributed by atoms with van der Waals surface area (Å²) >= 11 is 13.6. The summed E-state index contributed by atoms with van der Waals surface area (Å²) in [4.78, 5) is 20.9. The number of ether oxygens (including phenoxy) is 1. The summed E-state index contributed by atoms with van der Waals surface area (Å²) in [5, 5.41) is 1.78. The number of amides is 1. The molecule has 0 radical (unpaired) electrons. The SMILES string of the molecule is Cc1ccc(N=C2S/C(=C\c3ccc(OCc4ccc(Cl)cc4Cl)cc3)C(=O)N2c2ccc(C)c(C)c2)cc1C. The molecule has 0 N–H and O–H groups in total. The maximum absolute atomic E-state index is 13.7. The van der Waals surface area contributed by atoms with Gasteiger partial charge in [-0.25, -0.2) is 4.99 Å². The molecule has 40 heavy (non-hydrogen) atoms. The number of benzene rings is 4. The summed E-state index contributed by atoms with van der Waals surface area (Å²) < 4.78 is 5.91. The van der Waals surface area contributed by atoms with Crippen molar-refractivity contribution in [2.75, 3.05) is 4.90 Å². The Balaban J connectivity index is 1.41. The molecule has 4 aromatic rings. The van der Waals surface area contributed by atoms with Crippen molar-refractivity contribution >= 4 is 63.5 Å². The van der Waals surface area contributed by atoms with Crippen molar-refractivity contribution in [3.05, 3.63) is 127 Å². The van der Waals surface area contributed by atoms with E-state index in [9.17, 15) is 4.79 Å². The third-order valence-electron chi connectivity index (χ3n) is 6.86. The molecule has 0 bridgehead atoms. The van der Waals surface area contributed by atoms with Gasteiger partial charge in [0.15, 0.2) is 5.17 Å². The van der Waals surface area contributed by atoms with Gasteiger partial charge in [-0.2, -0.15) is 0 Å². The van der Waals surface area contributed by atoms with Crippen LogP contribution in [0.4, 0.5) is 11.4 Å². The second-order valence-corrected chi connectivity index (χ2v) is 11.6. The Bertz CT molecular complexity index is 1660. The van der Waals surface area contributed by atoms with Gasteiger partial charge in [-0.1, -0.05) is 53.5 Å². The van der Waals surface area contributed by atoms with Gasteiger partial charge in [-0.05, 0) is 122 Å². The number of carbonyl (C=O) groups excluding carboxylic acids is 1.